The Kier molecular flexibility index (Phi) is 8.61. The fourth-order valence-corrected chi connectivity index (χ4v) is 2.96. The van der Waals surface area contributed by atoms with Crippen LogP contribution in [-0.4, -0.2) is 43.1 Å². The number of hydrogen-bond donors (Lipinski definition) is 3. The maximum absolute atomic E-state index is 12.4. The van der Waals surface area contributed by atoms with Gasteiger partial charge in [-0.1, -0.05) is 30.3 Å². The molecule has 0 saturated carbocycles. The molecule has 152 valence electrons. The fraction of sp³-hybridized carbons (Fsp3) is 0.182. The van der Waals surface area contributed by atoms with Crippen LogP contribution in [0.15, 0.2) is 60.7 Å². The zero-order chi connectivity index (χ0) is 19.8. The predicted molar refractivity (Wildman–Crippen MR) is 118 cm³/mol. The molecule has 0 radical (unpaired) electrons. The van der Waals surface area contributed by atoms with Gasteiger partial charge in [-0.2, -0.15) is 0 Å². The summed E-state index contributed by atoms with van der Waals surface area (Å²) >= 11 is 0. The molecular formula is C22H24ClN3O3. The Morgan fingerprint density at radius 2 is 1.45 bits per heavy atom. The summed E-state index contributed by atoms with van der Waals surface area (Å²) in [4.78, 5) is 25.7. The van der Waals surface area contributed by atoms with Crippen molar-refractivity contribution in [2.24, 2.45) is 0 Å². The first kappa shape index (κ1) is 22.4. The molecule has 0 spiro atoms. The summed E-state index contributed by atoms with van der Waals surface area (Å²) in [6.07, 6.45) is 6.15. The van der Waals surface area contributed by atoms with Crippen molar-refractivity contribution in [3.05, 3.63) is 77.4 Å². The molecule has 1 aliphatic heterocycles. The smallest absolute Gasteiger partial charge is 0.267 e. The second kappa shape index (κ2) is 11.2. The lowest BCUT2D eigenvalue weighted by Gasteiger charge is -2.29. The van der Waals surface area contributed by atoms with E-state index in [0.717, 1.165) is 43.0 Å². The SMILES string of the molecule is Cl.O=C(C=Cc1ccc(C=CC(=O)c2ccc(N3CCNCC3)cc2)cc1)NO. The lowest BCUT2D eigenvalue weighted by Crippen LogP contribution is -2.43. The summed E-state index contributed by atoms with van der Waals surface area (Å²) < 4.78 is 0. The van der Waals surface area contributed by atoms with Crippen LogP contribution in [0.3, 0.4) is 0 Å². The molecule has 1 heterocycles. The zero-order valence-corrected chi connectivity index (χ0v) is 16.7. The van der Waals surface area contributed by atoms with E-state index in [9.17, 15) is 9.59 Å². The number of allylic oxidation sites excluding steroid dienone is 1. The average molecular weight is 414 g/mol. The largest absolute Gasteiger partial charge is 0.369 e. The molecule has 7 heteroatoms. The van der Waals surface area contributed by atoms with Crippen LogP contribution in [0.4, 0.5) is 5.69 Å². The summed E-state index contributed by atoms with van der Waals surface area (Å²) in [5, 5.41) is 11.8. The minimum absolute atomic E-state index is 0. The van der Waals surface area contributed by atoms with Gasteiger partial charge in [0.2, 0.25) is 0 Å². The minimum atomic E-state index is -0.586. The number of nitrogens with one attached hydrogen (secondary N) is 2. The highest BCUT2D eigenvalue weighted by Crippen LogP contribution is 2.17. The molecule has 1 saturated heterocycles. The molecule has 6 nitrogen and oxygen atoms in total. The van der Waals surface area contributed by atoms with E-state index in [0.29, 0.717) is 5.56 Å². The molecule has 1 fully saturated rings. The van der Waals surface area contributed by atoms with Crippen molar-refractivity contribution in [1.82, 2.24) is 10.8 Å². The van der Waals surface area contributed by atoms with Gasteiger partial charge >= 0.3 is 0 Å². The maximum atomic E-state index is 12.4. The van der Waals surface area contributed by atoms with Gasteiger partial charge in [-0.3, -0.25) is 14.8 Å². The minimum Gasteiger partial charge on any atom is -0.369 e. The Bertz CT molecular complexity index is 871. The quantitative estimate of drug-likeness (QED) is 0.293. The molecule has 0 bridgehead atoms. The third-order valence-corrected chi connectivity index (χ3v) is 4.53. The second-order valence-corrected chi connectivity index (χ2v) is 6.46. The fourth-order valence-electron chi connectivity index (χ4n) is 2.96. The summed E-state index contributed by atoms with van der Waals surface area (Å²) in [6, 6.07) is 15.1. The van der Waals surface area contributed by atoms with Crippen LogP contribution in [0, 0.1) is 0 Å². The summed E-state index contributed by atoms with van der Waals surface area (Å²) in [7, 11) is 0. The molecular weight excluding hydrogens is 390 g/mol. The standard InChI is InChI=1S/C22H23N3O3.ClH/c26-21(19-7-9-20(10-8-19)25-15-13-23-14-16-25)11-5-17-1-3-18(4-2-17)6-12-22(27)24-28;/h1-12,23,28H,13-16H2,(H,24,27);1H. The first-order chi connectivity index (χ1) is 13.7. The van der Waals surface area contributed by atoms with Gasteiger partial charge in [-0.15, -0.1) is 12.4 Å². The molecule has 3 N–H and O–H groups in total. The summed E-state index contributed by atoms with van der Waals surface area (Å²) in [5.41, 5.74) is 5.03. The number of anilines is 1. The molecule has 2 aromatic carbocycles. The second-order valence-electron chi connectivity index (χ2n) is 6.46. The number of nitrogens with zero attached hydrogens (tertiary/aromatic N) is 1. The maximum Gasteiger partial charge on any atom is 0.267 e. The Morgan fingerprint density at radius 3 is 2.00 bits per heavy atom. The normalized spacial score (nSPS) is 14.0. The molecule has 1 aliphatic rings. The Morgan fingerprint density at radius 1 is 0.897 bits per heavy atom. The van der Waals surface area contributed by atoms with Crippen LogP contribution < -0.4 is 15.7 Å². The molecule has 29 heavy (non-hydrogen) atoms. The van der Waals surface area contributed by atoms with Gasteiger partial charge in [0.25, 0.3) is 5.91 Å². The number of amides is 1. The molecule has 2 aromatic rings. The van der Waals surface area contributed by atoms with Crippen molar-refractivity contribution in [3.8, 4) is 0 Å². The van der Waals surface area contributed by atoms with Gasteiger partial charge in [-0.05, 0) is 47.5 Å². The van der Waals surface area contributed by atoms with E-state index < -0.39 is 5.91 Å². The first-order valence-corrected chi connectivity index (χ1v) is 9.16. The van der Waals surface area contributed by atoms with Crippen LogP contribution in [0.2, 0.25) is 0 Å². The van der Waals surface area contributed by atoms with Crippen molar-refractivity contribution >= 4 is 41.9 Å². The Hall–Kier alpha value is -2.93. The number of carbonyl (C=O) groups is 2. The van der Waals surface area contributed by atoms with Crippen molar-refractivity contribution in [2.45, 2.75) is 0 Å². The zero-order valence-electron chi connectivity index (χ0n) is 15.9. The number of rotatable bonds is 6. The van der Waals surface area contributed by atoms with E-state index in [1.807, 2.05) is 48.5 Å². The predicted octanol–water partition coefficient (Wildman–Crippen LogP) is 2.93. The lowest BCUT2D eigenvalue weighted by molar-refractivity contribution is -0.124. The topological polar surface area (TPSA) is 81.7 Å². The van der Waals surface area contributed by atoms with E-state index in [1.165, 1.54) is 11.6 Å². The van der Waals surface area contributed by atoms with Gasteiger partial charge in [0, 0.05) is 43.5 Å². The van der Waals surface area contributed by atoms with Crippen LogP contribution in [0.25, 0.3) is 12.2 Å². The van der Waals surface area contributed by atoms with Crippen LogP contribution >= 0.6 is 12.4 Å². The van der Waals surface area contributed by atoms with Gasteiger partial charge in [-0.25, -0.2) is 5.48 Å². The van der Waals surface area contributed by atoms with Crippen LogP contribution in [-0.2, 0) is 4.79 Å². The number of hydroxylamine groups is 1. The molecule has 1 amide bonds. The average Bonchev–Trinajstić information content (AvgIpc) is 2.77. The number of ketones is 1. The van der Waals surface area contributed by atoms with Crippen LogP contribution in [0.1, 0.15) is 21.5 Å². The Balaban J connectivity index is 0.00000300. The van der Waals surface area contributed by atoms with Crippen molar-refractivity contribution in [1.29, 1.82) is 0 Å². The third-order valence-electron chi connectivity index (χ3n) is 4.53. The van der Waals surface area contributed by atoms with Crippen molar-refractivity contribution in [3.63, 3.8) is 0 Å². The molecule has 0 atom stereocenters. The van der Waals surface area contributed by atoms with Crippen LogP contribution in [0.5, 0.6) is 0 Å². The number of benzene rings is 2. The highest BCUT2D eigenvalue weighted by Gasteiger charge is 2.10. The number of halogens is 1. The van der Waals surface area contributed by atoms with Crippen molar-refractivity contribution in [2.75, 3.05) is 31.1 Å². The van der Waals surface area contributed by atoms with Gasteiger partial charge in [0.1, 0.15) is 0 Å². The summed E-state index contributed by atoms with van der Waals surface area (Å²) in [5.74, 6) is -0.631. The van der Waals surface area contributed by atoms with Crippen molar-refractivity contribution < 1.29 is 14.8 Å². The molecule has 0 unspecified atom stereocenters. The highest BCUT2D eigenvalue weighted by molar-refractivity contribution is 6.07. The molecule has 0 aromatic heterocycles. The van der Waals surface area contributed by atoms with E-state index in [1.54, 1.807) is 18.2 Å². The highest BCUT2D eigenvalue weighted by atomic mass is 35.5. The summed E-state index contributed by atoms with van der Waals surface area (Å²) in [6.45, 7) is 3.91. The van der Waals surface area contributed by atoms with Gasteiger partial charge in [0.15, 0.2) is 5.78 Å². The number of carbonyl (C=O) groups excluding carboxylic acids is 2. The van der Waals surface area contributed by atoms with E-state index in [4.69, 9.17) is 5.21 Å². The molecule has 3 rings (SSSR count). The van der Waals surface area contributed by atoms with Gasteiger partial charge < -0.3 is 10.2 Å². The van der Waals surface area contributed by atoms with Gasteiger partial charge in [0.05, 0.1) is 0 Å². The first-order valence-electron chi connectivity index (χ1n) is 9.16. The van der Waals surface area contributed by atoms with E-state index >= 15 is 0 Å². The Labute approximate surface area is 176 Å². The third kappa shape index (κ3) is 6.57. The van der Waals surface area contributed by atoms with E-state index in [-0.39, 0.29) is 18.2 Å². The number of hydrogen-bond acceptors (Lipinski definition) is 5. The number of piperazine rings is 1. The molecule has 0 aliphatic carbocycles. The van der Waals surface area contributed by atoms with E-state index in [2.05, 4.69) is 10.2 Å². The lowest BCUT2D eigenvalue weighted by atomic mass is 10.1. The monoisotopic (exact) mass is 413 g/mol.